The van der Waals surface area contributed by atoms with E-state index in [-0.39, 0.29) is 29.8 Å². The molecule has 3 rings (SSSR count). The Morgan fingerprint density at radius 1 is 1.44 bits per heavy atom. The van der Waals surface area contributed by atoms with E-state index in [1.54, 1.807) is 12.1 Å². The number of halogens is 2. The van der Waals surface area contributed by atoms with Crippen molar-refractivity contribution in [1.82, 2.24) is 20.1 Å². The highest BCUT2D eigenvalue weighted by Crippen LogP contribution is 2.20. The summed E-state index contributed by atoms with van der Waals surface area (Å²) in [7, 11) is 3.93. The zero-order valence-electron chi connectivity index (χ0n) is 16.5. The first kappa shape index (κ1) is 21.9. The molecule has 2 heterocycles. The highest BCUT2D eigenvalue weighted by Gasteiger charge is 2.24. The molecule has 1 atom stereocenters. The van der Waals surface area contributed by atoms with Crippen LogP contribution in [0.1, 0.15) is 25.3 Å². The maximum atomic E-state index is 13.5. The number of rotatable bonds is 6. The molecule has 1 aromatic carbocycles. The highest BCUT2D eigenvalue weighted by atomic mass is 127. The number of hydrogen-bond donors (Lipinski definition) is 2. The molecular weight excluding hydrogens is 456 g/mol. The molecular formula is C20H31FIN5. The molecule has 2 N–H and O–H groups in total. The minimum Gasteiger partial charge on any atom is -0.361 e. The number of aliphatic imine (C=N–C) groups is 1. The van der Waals surface area contributed by atoms with E-state index in [1.165, 1.54) is 25.5 Å². The second kappa shape index (κ2) is 10.3. The van der Waals surface area contributed by atoms with Gasteiger partial charge in [0.2, 0.25) is 0 Å². The number of H-pyrrole nitrogens is 1. The van der Waals surface area contributed by atoms with Gasteiger partial charge in [0.1, 0.15) is 5.82 Å². The van der Waals surface area contributed by atoms with Crippen molar-refractivity contribution in [1.29, 1.82) is 0 Å². The standard InChI is InChI=1S/C20H30FN5.HI/c1-4-26-11-5-6-17(26)14-25(3)20(22-2)23-10-9-15-13-24-19-8-7-16(21)12-18(15)19;/h7-8,12-13,17,24H,4-6,9-11,14H2,1-3H3,(H,22,23);1H. The topological polar surface area (TPSA) is 46.7 Å². The van der Waals surface area contributed by atoms with Gasteiger partial charge in [-0.3, -0.25) is 9.89 Å². The molecule has 0 spiro atoms. The maximum Gasteiger partial charge on any atom is 0.193 e. The number of aromatic amines is 1. The van der Waals surface area contributed by atoms with Crippen LogP contribution in [-0.4, -0.2) is 67.1 Å². The van der Waals surface area contributed by atoms with E-state index in [1.807, 2.05) is 13.2 Å². The minimum absolute atomic E-state index is 0. The summed E-state index contributed by atoms with van der Waals surface area (Å²) in [5, 5.41) is 4.40. The van der Waals surface area contributed by atoms with Crippen molar-refractivity contribution in [2.75, 3.05) is 40.3 Å². The predicted octanol–water partition coefficient (Wildman–Crippen LogP) is 3.46. The van der Waals surface area contributed by atoms with Crippen LogP contribution in [0.4, 0.5) is 4.39 Å². The summed E-state index contributed by atoms with van der Waals surface area (Å²) in [5.41, 5.74) is 2.10. The van der Waals surface area contributed by atoms with Gasteiger partial charge in [-0.1, -0.05) is 6.92 Å². The fourth-order valence-corrected chi connectivity index (χ4v) is 3.97. The first-order chi connectivity index (χ1) is 12.6. The number of nitrogens with one attached hydrogen (secondary N) is 2. The number of likely N-dealkylation sites (N-methyl/N-ethyl adjacent to an activating group) is 2. The molecule has 0 radical (unpaired) electrons. The number of aromatic nitrogens is 1. The maximum absolute atomic E-state index is 13.5. The third kappa shape index (κ3) is 5.34. The van der Waals surface area contributed by atoms with Crippen molar-refractivity contribution in [3.63, 3.8) is 0 Å². The Bertz CT molecular complexity index is 760. The van der Waals surface area contributed by atoms with Crippen LogP contribution < -0.4 is 5.32 Å². The molecule has 150 valence electrons. The fourth-order valence-electron chi connectivity index (χ4n) is 3.97. The highest BCUT2D eigenvalue weighted by molar-refractivity contribution is 14.0. The van der Waals surface area contributed by atoms with E-state index in [2.05, 4.69) is 39.1 Å². The molecule has 27 heavy (non-hydrogen) atoms. The van der Waals surface area contributed by atoms with Crippen molar-refractivity contribution in [3.8, 4) is 0 Å². The van der Waals surface area contributed by atoms with Crippen molar-refractivity contribution in [2.24, 2.45) is 4.99 Å². The van der Waals surface area contributed by atoms with Gasteiger partial charge in [-0.15, -0.1) is 24.0 Å². The largest absolute Gasteiger partial charge is 0.361 e. The van der Waals surface area contributed by atoms with Crippen LogP contribution in [0.3, 0.4) is 0 Å². The van der Waals surface area contributed by atoms with Gasteiger partial charge in [-0.05, 0) is 56.1 Å². The van der Waals surface area contributed by atoms with Crippen molar-refractivity contribution in [3.05, 3.63) is 35.8 Å². The van der Waals surface area contributed by atoms with Gasteiger partial charge in [0.25, 0.3) is 0 Å². The zero-order chi connectivity index (χ0) is 18.5. The van der Waals surface area contributed by atoms with Crippen molar-refractivity contribution in [2.45, 2.75) is 32.2 Å². The average molecular weight is 487 g/mol. The second-order valence-electron chi connectivity index (χ2n) is 7.03. The molecule has 0 bridgehead atoms. The smallest absolute Gasteiger partial charge is 0.193 e. The second-order valence-corrected chi connectivity index (χ2v) is 7.03. The van der Waals surface area contributed by atoms with Crippen molar-refractivity contribution < 1.29 is 4.39 Å². The number of fused-ring (bicyclic) bond motifs is 1. The molecule has 0 saturated carbocycles. The molecule has 1 aliphatic rings. The summed E-state index contributed by atoms with van der Waals surface area (Å²) >= 11 is 0. The summed E-state index contributed by atoms with van der Waals surface area (Å²) in [6, 6.07) is 5.48. The van der Waals surface area contributed by atoms with Crippen LogP contribution in [-0.2, 0) is 6.42 Å². The van der Waals surface area contributed by atoms with Crippen molar-refractivity contribution >= 4 is 40.8 Å². The van der Waals surface area contributed by atoms with Crippen LogP contribution in [0.5, 0.6) is 0 Å². The third-order valence-electron chi connectivity index (χ3n) is 5.37. The van der Waals surface area contributed by atoms with Gasteiger partial charge < -0.3 is 15.2 Å². The number of hydrogen-bond acceptors (Lipinski definition) is 2. The molecule has 1 saturated heterocycles. The number of nitrogens with zero attached hydrogens (tertiary/aromatic N) is 3. The van der Waals surface area contributed by atoms with Crippen LogP contribution >= 0.6 is 24.0 Å². The van der Waals surface area contributed by atoms with E-state index >= 15 is 0 Å². The molecule has 0 aliphatic carbocycles. The molecule has 1 aromatic heterocycles. The van der Waals surface area contributed by atoms with E-state index in [9.17, 15) is 4.39 Å². The lowest BCUT2D eigenvalue weighted by Crippen LogP contribution is -2.46. The Morgan fingerprint density at radius 2 is 2.26 bits per heavy atom. The molecule has 0 amide bonds. The molecule has 7 heteroatoms. The number of likely N-dealkylation sites (tertiary alicyclic amines) is 1. The Labute approximate surface area is 178 Å². The van der Waals surface area contributed by atoms with Gasteiger partial charge in [-0.2, -0.15) is 0 Å². The average Bonchev–Trinajstić information content (AvgIpc) is 3.25. The lowest BCUT2D eigenvalue weighted by molar-refractivity contribution is 0.233. The summed E-state index contributed by atoms with van der Waals surface area (Å²) < 4.78 is 13.5. The van der Waals surface area contributed by atoms with Gasteiger partial charge in [0.15, 0.2) is 5.96 Å². The molecule has 1 aliphatic heterocycles. The Kier molecular flexibility index (Phi) is 8.34. The Balaban J connectivity index is 0.00000261. The molecule has 2 aromatic rings. The molecule has 1 fully saturated rings. The van der Waals surface area contributed by atoms with Gasteiger partial charge in [0, 0.05) is 50.3 Å². The Hall–Kier alpha value is -1.35. The SMILES string of the molecule is CCN1CCCC1CN(C)C(=NC)NCCc1c[nH]c2ccc(F)cc12.I. The first-order valence-corrected chi connectivity index (χ1v) is 9.53. The van der Waals surface area contributed by atoms with Gasteiger partial charge >= 0.3 is 0 Å². The van der Waals surface area contributed by atoms with Crippen LogP contribution in [0.25, 0.3) is 10.9 Å². The number of benzene rings is 1. The van der Waals surface area contributed by atoms with Crippen LogP contribution in [0.2, 0.25) is 0 Å². The quantitative estimate of drug-likeness (QED) is 0.373. The normalized spacial score (nSPS) is 17.9. The van der Waals surface area contributed by atoms with Gasteiger partial charge in [-0.25, -0.2) is 4.39 Å². The summed E-state index contributed by atoms with van der Waals surface area (Å²) in [4.78, 5) is 12.4. The lowest BCUT2D eigenvalue weighted by Gasteiger charge is -2.29. The van der Waals surface area contributed by atoms with E-state index in [0.29, 0.717) is 6.04 Å². The Morgan fingerprint density at radius 3 is 3.00 bits per heavy atom. The summed E-state index contributed by atoms with van der Waals surface area (Å²) in [6.07, 6.45) is 5.34. The zero-order valence-corrected chi connectivity index (χ0v) is 18.8. The third-order valence-corrected chi connectivity index (χ3v) is 5.37. The molecule has 5 nitrogen and oxygen atoms in total. The van der Waals surface area contributed by atoms with Crippen LogP contribution in [0.15, 0.2) is 29.4 Å². The predicted molar refractivity (Wildman–Crippen MR) is 122 cm³/mol. The molecule has 1 unspecified atom stereocenters. The van der Waals surface area contributed by atoms with E-state index < -0.39 is 0 Å². The minimum atomic E-state index is -0.195. The van der Waals surface area contributed by atoms with E-state index in [4.69, 9.17) is 0 Å². The van der Waals surface area contributed by atoms with Crippen LogP contribution in [0, 0.1) is 5.82 Å². The van der Waals surface area contributed by atoms with Gasteiger partial charge in [0.05, 0.1) is 0 Å². The fraction of sp³-hybridized carbons (Fsp3) is 0.550. The number of guanidine groups is 1. The monoisotopic (exact) mass is 487 g/mol. The summed E-state index contributed by atoms with van der Waals surface area (Å²) in [6.45, 7) is 6.31. The summed E-state index contributed by atoms with van der Waals surface area (Å²) in [5.74, 6) is 0.720. The van der Waals surface area contributed by atoms with E-state index in [0.717, 1.165) is 48.5 Å². The first-order valence-electron chi connectivity index (χ1n) is 9.53. The lowest BCUT2D eigenvalue weighted by atomic mass is 10.1.